The highest BCUT2D eigenvalue weighted by molar-refractivity contribution is 7.27. The van der Waals surface area contributed by atoms with Crippen molar-refractivity contribution in [2.24, 2.45) is 0 Å². The molecule has 3 aromatic carbocycles. The number of H-pyrrole nitrogens is 2. The first-order chi connectivity index (χ1) is 30.3. The van der Waals surface area contributed by atoms with Gasteiger partial charge in [0.1, 0.15) is 30.3 Å². The van der Waals surface area contributed by atoms with Crippen LogP contribution in [0.5, 0.6) is 0 Å². The number of thiophene rings is 2. The summed E-state index contributed by atoms with van der Waals surface area (Å²) >= 11 is 3.36. The number of aliphatic hydroxyl groups excluding tert-OH is 1. The van der Waals surface area contributed by atoms with Gasteiger partial charge >= 0.3 is 6.09 Å². The standard InChI is InChI=1S/C46H44N8O6S2/c1-60-46(59)52-39(30-12-6-3-7-13-30)45(58)54-21-9-15-36(54)43-48-23-34(50-43)32-26-62-40-31(25-61-41(32)40)27-16-18-28(19-17-27)33-22-47-42(49-33)35-14-8-20-53(35)44(57)38(51-37(56)24-55)29-10-4-2-5-11-29/h2-7,10-13,16-19,22-23,25-26,35-36,38-39,55H,8-9,14-15,20-21,24H2,1H3,(H,47,49)(H,48,50)(H,51,56)(H,52,59)/t35?,36?,38-,39-/m1/s1. The van der Waals surface area contributed by atoms with Gasteiger partial charge in [-0.3, -0.25) is 14.4 Å². The van der Waals surface area contributed by atoms with Gasteiger partial charge in [-0.1, -0.05) is 84.9 Å². The molecule has 2 fully saturated rings. The summed E-state index contributed by atoms with van der Waals surface area (Å²) in [5.41, 5.74) is 7.27. The van der Waals surface area contributed by atoms with Crippen LogP contribution < -0.4 is 10.6 Å². The van der Waals surface area contributed by atoms with Gasteiger partial charge in [-0.15, -0.1) is 22.7 Å². The summed E-state index contributed by atoms with van der Waals surface area (Å²) in [6, 6.07) is 24.2. The number of ether oxygens (including phenoxy) is 1. The van der Waals surface area contributed by atoms with Crippen LogP contribution in [0.15, 0.2) is 108 Å². The predicted octanol–water partition coefficient (Wildman–Crippen LogP) is 7.68. The number of likely N-dealkylation sites (tertiary alicyclic amines) is 2. The molecular weight excluding hydrogens is 825 g/mol. The van der Waals surface area contributed by atoms with Crippen LogP contribution in [0.1, 0.15) is 72.6 Å². The van der Waals surface area contributed by atoms with Crippen molar-refractivity contribution in [3.8, 4) is 33.6 Å². The number of methoxy groups -OCH3 is 1. The summed E-state index contributed by atoms with van der Waals surface area (Å²) in [5, 5.41) is 19.2. The number of rotatable bonds is 12. The molecular formula is C46H44N8O6S2. The number of nitrogens with one attached hydrogen (secondary N) is 4. The number of carbonyl (C=O) groups excluding carboxylic acids is 4. The molecule has 62 heavy (non-hydrogen) atoms. The molecule has 14 nitrogen and oxygen atoms in total. The average Bonchev–Trinajstić information content (AvgIpc) is 4.17. The number of aromatic nitrogens is 4. The van der Waals surface area contributed by atoms with Crippen molar-refractivity contribution in [2.75, 3.05) is 26.8 Å². The second kappa shape index (κ2) is 17.8. The van der Waals surface area contributed by atoms with E-state index in [1.807, 2.05) is 54.7 Å². The Hall–Kier alpha value is -6.62. The number of hydrogen-bond donors (Lipinski definition) is 5. The monoisotopic (exact) mass is 868 g/mol. The van der Waals surface area contributed by atoms with Crippen LogP contribution >= 0.6 is 22.7 Å². The molecule has 7 aromatic rings. The van der Waals surface area contributed by atoms with Crippen molar-refractivity contribution in [3.05, 3.63) is 131 Å². The lowest BCUT2D eigenvalue weighted by atomic mass is 10.0. The Morgan fingerprint density at radius 3 is 1.77 bits per heavy atom. The zero-order valence-corrected chi connectivity index (χ0v) is 35.4. The summed E-state index contributed by atoms with van der Waals surface area (Å²) in [7, 11) is 1.28. The van der Waals surface area contributed by atoms with Gasteiger partial charge in [-0.05, 0) is 47.9 Å². The number of aromatic amines is 2. The molecule has 0 aliphatic carbocycles. The second-order valence-corrected chi connectivity index (χ2v) is 17.1. The summed E-state index contributed by atoms with van der Waals surface area (Å²) in [6.07, 6.45) is 6.05. The molecule has 4 amide bonds. The zero-order valence-electron chi connectivity index (χ0n) is 33.7. The Morgan fingerprint density at radius 2 is 1.21 bits per heavy atom. The molecule has 0 spiro atoms. The lowest BCUT2D eigenvalue weighted by molar-refractivity contribution is -0.138. The van der Waals surface area contributed by atoms with Gasteiger partial charge in [0.05, 0.1) is 52.4 Å². The third-order valence-electron chi connectivity index (χ3n) is 11.6. The number of nitrogens with zero attached hydrogens (tertiary/aromatic N) is 4. The van der Waals surface area contributed by atoms with Crippen molar-refractivity contribution in [1.82, 2.24) is 40.4 Å². The van der Waals surface area contributed by atoms with Crippen molar-refractivity contribution in [1.29, 1.82) is 0 Å². The minimum atomic E-state index is -0.920. The van der Waals surface area contributed by atoms with Gasteiger partial charge in [-0.2, -0.15) is 0 Å². The van der Waals surface area contributed by atoms with Crippen molar-refractivity contribution in [2.45, 2.75) is 49.9 Å². The zero-order chi connectivity index (χ0) is 42.7. The van der Waals surface area contributed by atoms with E-state index in [0.29, 0.717) is 35.9 Å². The maximum atomic E-state index is 14.0. The highest BCUT2D eigenvalue weighted by Crippen LogP contribution is 2.45. The predicted molar refractivity (Wildman–Crippen MR) is 237 cm³/mol. The molecule has 2 aliphatic rings. The number of amides is 4. The van der Waals surface area contributed by atoms with E-state index in [4.69, 9.17) is 14.7 Å². The molecule has 4 aromatic heterocycles. The number of aliphatic hydroxyl groups is 1. The fraction of sp³-hybridized carbons (Fsp3) is 0.261. The summed E-state index contributed by atoms with van der Waals surface area (Å²) < 4.78 is 7.17. The van der Waals surface area contributed by atoms with Crippen LogP contribution in [-0.4, -0.2) is 85.5 Å². The summed E-state index contributed by atoms with van der Waals surface area (Å²) in [4.78, 5) is 72.5. The van der Waals surface area contributed by atoms with Crippen LogP contribution in [-0.2, 0) is 19.1 Å². The minimum Gasteiger partial charge on any atom is -0.453 e. The third-order valence-corrected chi connectivity index (χ3v) is 13.8. The van der Waals surface area contributed by atoms with E-state index in [1.54, 1.807) is 50.8 Å². The summed E-state index contributed by atoms with van der Waals surface area (Å²) in [5.74, 6) is 0.316. The Balaban J connectivity index is 0.898. The van der Waals surface area contributed by atoms with Crippen LogP contribution in [0, 0.1) is 0 Å². The largest absolute Gasteiger partial charge is 0.453 e. The first kappa shape index (κ1) is 40.8. The molecule has 0 saturated carbocycles. The Morgan fingerprint density at radius 1 is 0.710 bits per heavy atom. The van der Waals surface area contributed by atoms with E-state index in [2.05, 4.69) is 55.6 Å². The van der Waals surface area contributed by atoms with E-state index in [-0.39, 0.29) is 23.9 Å². The first-order valence-corrected chi connectivity index (χ1v) is 22.2. The molecule has 0 radical (unpaired) electrons. The topological polar surface area (TPSA) is 186 Å². The quantitative estimate of drug-likeness (QED) is 0.0828. The van der Waals surface area contributed by atoms with Gasteiger partial charge in [-0.25, -0.2) is 14.8 Å². The van der Waals surface area contributed by atoms with Crippen LogP contribution in [0.25, 0.3) is 43.0 Å². The highest BCUT2D eigenvalue weighted by atomic mass is 32.1. The maximum absolute atomic E-state index is 14.0. The molecule has 0 bridgehead atoms. The van der Waals surface area contributed by atoms with E-state index in [0.717, 1.165) is 64.0 Å². The molecule has 4 atom stereocenters. The Kier molecular flexibility index (Phi) is 11.7. The third kappa shape index (κ3) is 7.99. The molecule has 6 heterocycles. The van der Waals surface area contributed by atoms with E-state index in [9.17, 15) is 24.3 Å². The van der Waals surface area contributed by atoms with Gasteiger partial charge in [0.25, 0.3) is 5.91 Å². The van der Waals surface area contributed by atoms with Gasteiger partial charge in [0, 0.05) is 35.0 Å². The van der Waals surface area contributed by atoms with Gasteiger partial charge < -0.3 is 40.2 Å². The Bertz CT molecular complexity index is 2710. The fourth-order valence-electron chi connectivity index (χ4n) is 8.54. The molecule has 5 N–H and O–H groups in total. The van der Waals surface area contributed by atoms with Crippen molar-refractivity contribution < 1.29 is 29.0 Å². The Labute approximate surface area is 365 Å². The highest BCUT2D eigenvalue weighted by Gasteiger charge is 2.38. The van der Waals surface area contributed by atoms with Crippen molar-refractivity contribution >= 4 is 55.9 Å². The van der Waals surface area contributed by atoms with Crippen molar-refractivity contribution in [3.63, 3.8) is 0 Å². The first-order valence-electron chi connectivity index (χ1n) is 20.5. The van der Waals surface area contributed by atoms with Crippen LogP contribution in [0.2, 0.25) is 0 Å². The van der Waals surface area contributed by atoms with Gasteiger partial charge in [0.2, 0.25) is 11.8 Å². The second-order valence-electron chi connectivity index (χ2n) is 15.3. The van der Waals surface area contributed by atoms with Gasteiger partial charge in [0.15, 0.2) is 0 Å². The number of alkyl carbamates (subject to hydrolysis) is 1. The number of hydrogen-bond acceptors (Lipinski definition) is 10. The lowest BCUT2D eigenvalue weighted by Crippen LogP contribution is -2.43. The van der Waals surface area contributed by atoms with E-state index >= 15 is 0 Å². The number of carbonyl (C=O) groups is 4. The van der Waals surface area contributed by atoms with E-state index in [1.165, 1.54) is 11.8 Å². The molecule has 16 heteroatoms. The molecule has 2 aliphatic heterocycles. The minimum absolute atomic E-state index is 0.213. The number of fused-ring (bicyclic) bond motifs is 1. The van der Waals surface area contributed by atoms with Crippen LogP contribution in [0.3, 0.4) is 0 Å². The number of imidazole rings is 2. The summed E-state index contributed by atoms with van der Waals surface area (Å²) in [6.45, 7) is 0.370. The number of benzene rings is 3. The molecule has 2 saturated heterocycles. The SMILES string of the molecule is COC(=O)N[C@@H](C(=O)N1CCCC1c1ncc(-c2csc3c(-c4ccc(-c5cnc(C6CCCN6C(=O)[C@H](NC(=O)CO)c6ccccc6)[nH]5)cc4)csc23)[nH]1)c1ccccc1. The van der Waals surface area contributed by atoms with Crippen LogP contribution in [0.4, 0.5) is 4.79 Å². The van der Waals surface area contributed by atoms with E-state index < -0.39 is 30.7 Å². The maximum Gasteiger partial charge on any atom is 0.407 e. The fourth-order valence-corrected chi connectivity index (χ4v) is 11.0. The molecule has 2 unspecified atom stereocenters. The molecule has 9 rings (SSSR count). The smallest absolute Gasteiger partial charge is 0.407 e. The normalized spacial score (nSPS) is 17.3. The molecule has 316 valence electrons. The lowest BCUT2D eigenvalue weighted by Gasteiger charge is -2.28. The average molecular weight is 869 g/mol.